The van der Waals surface area contributed by atoms with E-state index in [2.05, 4.69) is 20.6 Å². The number of aliphatic imine (C=N–C) groups is 1. The van der Waals surface area contributed by atoms with Crippen LogP contribution in [0, 0.1) is 5.41 Å². The number of carbonyl (C=O) groups is 1. The highest BCUT2D eigenvalue weighted by atomic mass is 127. The Balaban J connectivity index is 0.00000338. The normalized spacial score (nSPS) is 11.6. The summed E-state index contributed by atoms with van der Waals surface area (Å²) in [6, 6.07) is 9.70. The lowest BCUT2D eigenvalue weighted by Gasteiger charge is -2.22. The van der Waals surface area contributed by atoms with Crippen LogP contribution in [0.25, 0.3) is 11.5 Å². The summed E-state index contributed by atoms with van der Waals surface area (Å²) < 4.78 is 5.51. The van der Waals surface area contributed by atoms with Crippen molar-refractivity contribution in [3.8, 4) is 11.5 Å². The number of aromatic nitrogens is 1. The van der Waals surface area contributed by atoms with Crippen LogP contribution in [0.5, 0.6) is 0 Å². The summed E-state index contributed by atoms with van der Waals surface area (Å²) in [5.41, 5.74) is 6.38. The minimum Gasteiger partial charge on any atom is -0.444 e. The molecule has 0 unspecified atom stereocenters. The van der Waals surface area contributed by atoms with Crippen LogP contribution in [0.4, 0.5) is 0 Å². The maximum absolute atomic E-state index is 11.4. The Morgan fingerprint density at radius 2 is 1.96 bits per heavy atom. The molecule has 142 valence electrons. The Kier molecular flexibility index (Phi) is 8.56. The van der Waals surface area contributed by atoms with Gasteiger partial charge in [-0.05, 0) is 32.9 Å². The summed E-state index contributed by atoms with van der Waals surface area (Å²) in [4.78, 5) is 20.3. The second-order valence-corrected chi connectivity index (χ2v) is 6.31. The van der Waals surface area contributed by atoms with E-state index in [1.807, 2.05) is 37.3 Å². The van der Waals surface area contributed by atoms with Crippen LogP contribution in [-0.4, -0.2) is 29.9 Å². The van der Waals surface area contributed by atoms with Crippen molar-refractivity contribution in [1.29, 1.82) is 0 Å². The number of amides is 1. The van der Waals surface area contributed by atoms with Crippen molar-refractivity contribution >= 4 is 35.8 Å². The molecule has 1 heterocycles. The fourth-order valence-corrected chi connectivity index (χ4v) is 1.99. The number of nitrogens with two attached hydrogens (primary N) is 1. The van der Waals surface area contributed by atoms with Crippen LogP contribution in [0.2, 0.25) is 0 Å². The van der Waals surface area contributed by atoms with E-state index in [0.29, 0.717) is 31.5 Å². The van der Waals surface area contributed by atoms with Crippen LogP contribution in [0.1, 0.15) is 26.5 Å². The van der Waals surface area contributed by atoms with E-state index in [-0.39, 0.29) is 29.9 Å². The van der Waals surface area contributed by atoms with Crippen LogP contribution in [-0.2, 0) is 11.3 Å². The lowest BCUT2D eigenvalue weighted by atomic mass is 9.93. The van der Waals surface area contributed by atoms with E-state index < -0.39 is 5.41 Å². The van der Waals surface area contributed by atoms with E-state index in [1.165, 1.54) is 0 Å². The minimum absolute atomic E-state index is 0. The number of guanidine groups is 1. The molecule has 0 fully saturated rings. The average molecular weight is 471 g/mol. The predicted octanol–water partition coefficient (Wildman–Crippen LogP) is 2.53. The van der Waals surface area contributed by atoms with Gasteiger partial charge >= 0.3 is 0 Å². The van der Waals surface area contributed by atoms with E-state index in [9.17, 15) is 4.79 Å². The molecule has 1 aromatic carbocycles. The first-order chi connectivity index (χ1) is 11.9. The number of primary amides is 1. The molecule has 7 nitrogen and oxygen atoms in total. The van der Waals surface area contributed by atoms with Gasteiger partial charge in [0.1, 0.15) is 12.0 Å². The summed E-state index contributed by atoms with van der Waals surface area (Å²) in [5.74, 6) is 0.805. The van der Waals surface area contributed by atoms with Gasteiger partial charge in [-0.3, -0.25) is 4.79 Å². The molecule has 1 amide bonds. The molecule has 2 aromatic rings. The smallest absolute Gasteiger partial charge is 0.226 e. The molecule has 2 rings (SSSR count). The summed E-state index contributed by atoms with van der Waals surface area (Å²) in [7, 11) is 0. The quantitative estimate of drug-likeness (QED) is 0.327. The second-order valence-electron chi connectivity index (χ2n) is 6.31. The van der Waals surface area contributed by atoms with Crippen molar-refractivity contribution in [3.05, 3.63) is 42.3 Å². The zero-order chi connectivity index (χ0) is 18.3. The first-order valence-corrected chi connectivity index (χ1v) is 8.24. The Morgan fingerprint density at radius 1 is 1.27 bits per heavy atom. The number of nitrogens with one attached hydrogen (secondary N) is 2. The summed E-state index contributed by atoms with van der Waals surface area (Å²) in [5, 5.41) is 6.26. The number of rotatable bonds is 7. The molecule has 0 aliphatic carbocycles. The van der Waals surface area contributed by atoms with Gasteiger partial charge in [0.05, 0.1) is 12.0 Å². The number of halogens is 1. The van der Waals surface area contributed by atoms with Gasteiger partial charge < -0.3 is 20.8 Å². The number of carbonyl (C=O) groups excluding carboxylic acids is 1. The highest BCUT2D eigenvalue weighted by molar-refractivity contribution is 14.0. The molecule has 0 bridgehead atoms. The molecule has 0 spiro atoms. The Labute approximate surface area is 170 Å². The topological polar surface area (TPSA) is 106 Å². The molecule has 0 saturated carbocycles. The van der Waals surface area contributed by atoms with Gasteiger partial charge in [0.15, 0.2) is 5.96 Å². The monoisotopic (exact) mass is 471 g/mol. The fourth-order valence-electron chi connectivity index (χ4n) is 1.99. The molecule has 0 radical (unpaired) electrons. The SMILES string of the molecule is CCNC(=NCc1coc(-c2ccccc2)n1)NCC(C)(C)C(N)=O.I. The third-order valence-corrected chi connectivity index (χ3v) is 3.68. The summed E-state index contributed by atoms with van der Waals surface area (Å²) in [6.07, 6.45) is 1.60. The van der Waals surface area contributed by atoms with Crippen molar-refractivity contribution in [2.24, 2.45) is 16.1 Å². The first-order valence-electron chi connectivity index (χ1n) is 8.24. The van der Waals surface area contributed by atoms with Crippen molar-refractivity contribution < 1.29 is 9.21 Å². The molecular weight excluding hydrogens is 445 g/mol. The van der Waals surface area contributed by atoms with E-state index >= 15 is 0 Å². The largest absolute Gasteiger partial charge is 0.444 e. The van der Waals surface area contributed by atoms with Crippen LogP contribution in [0.3, 0.4) is 0 Å². The molecular formula is C18H26IN5O2. The third kappa shape index (κ3) is 6.32. The van der Waals surface area contributed by atoms with Crippen LogP contribution in [0.15, 0.2) is 46.0 Å². The summed E-state index contributed by atoms with van der Waals surface area (Å²) in [6.45, 7) is 7.01. The van der Waals surface area contributed by atoms with Gasteiger partial charge in [-0.2, -0.15) is 0 Å². The molecule has 0 atom stereocenters. The van der Waals surface area contributed by atoms with Gasteiger partial charge in [-0.25, -0.2) is 9.98 Å². The Morgan fingerprint density at radius 3 is 2.58 bits per heavy atom. The fraction of sp³-hybridized carbons (Fsp3) is 0.389. The van der Waals surface area contributed by atoms with Crippen LogP contribution >= 0.6 is 24.0 Å². The maximum Gasteiger partial charge on any atom is 0.226 e. The lowest BCUT2D eigenvalue weighted by Crippen LogP contribution is -2.46. The molecule has 0 saturated heterocycles. The zero-order valence-electron chi connectivity index (χ0n) is 15.3. The van der Waals surface area contributed by atoms with E-state index in [1.54, 1.807) is 20.1 Å². The molecule has 8 heteroatoms. The number of nitrogens with zero attached hydrogens (tertiary/aromatic N) is 2. The highest BCUT2D eigenvalue weighted by Gasteiger charge is 2.24. The maximum atomic E-state index is 11.4. The molecule has 4 N–H and O–H groups in total. The average Bonchev–Trinajstić information content (AvgIpc) is 3.07. The zero-order valence-corrected chi connectivity index (χ0v) is 17.6. The Bertz CT molecular complexity index is 728. The lowest BCUT2D eigenvalue weighted by molar-refractivity contribution is -0.125. The van der Waals surface area contributed by atoms with Crippen molar-refractivity contribution in [1.82, 2.24) is 15.6 Å². The molecule has 1 aromatic heterocycles. The first kappa shape index (κ1) is 21.9. The van der Waals surface area contributed by atoms with Gasteiger partial charge in [0.25, 0.3) is 0 Å². The second kappa shape index (κ2) is 10.1. The molecule has 26 heavy (non-hydrogen) atoms. The van der Waals surface area contributed by atoms with Crippen LogP contribution < -0.4 is 16.4 Å². The van der Waals surface area contributed by atoms with Gasteiger partial charge in [-0.15, -0.1) is 24.0 Å². The van der Waals surface area contributed by atoms with E-state index in [4.69, 9.17) is 10.2 Å². The highest BCUT2D eigenvalue weighted by Crippen LogP contribution is 2.18. The third-order valence-electron chi connectivity index (χ3n) is 3.68. The van der Waals surface area contributed by atoms with Crippen molar-refractivity contribution in [2.45, 2.75) is 27.3 Å². The Hall–Kier alpha value is -2.10. The number of hydrogen-bond donors (Lipinski definition) is 3. The standard InChI is InChI=1S/C18H25N5O2.HI/c1-4-20-17(22-12-18(2,3)16(19)24)21-10-14-11-25-15(23-14)13-8-6-5-7-9-13;/h5-9,11H,4,10,12H2,1-3H3,(H2,19,24)(H2,20,21,22);1H. The summed E-state index contributed by atoms with van der Waals surface area (Å²) >= 11 is 0. The van der Waals surface area contributed by atoms with Gasteiger partial charge in [-0.1, -0.05) is 18.2 Å². The number of oxazole rings is 1. The van der Waals surface area contributed by atoms with E-state index in [0.717, 1.165) is 11.3 Å². The molecule has 0 aliphatic heterocycles. The molecule has 0 aliphatic rings. The number of benzene rings is 1. The van der Waals surface area contributed by atoms with Gasteiger partial charge in [0, 0.05) is 18.7 Å². The van der Waals surface area contributed by atoms with Crippen molar-refractivity contribution in [3.63, 3.8) is 0 Å². The number of hydrogen-bond acceptors (Lipinski definition) is 4. The predicted molar refractivity (Wildman–Crippen MR) is 113 cm³/mol. The minimum atomic E-state index is -0.662. The van der Waals surface area contributed by atoms with Gasteiger partial charge in [0.2, 0.25) is 11.8 Å². The van der Waals surface area contributed by atoms with Crippen molar-refractivity contribution in [2.75, 3.05) is 13.1 Å².